The van der Waals surface area contributed by atoms with Crippen LogP contribution in [0.5, 0.6) is 5.75 Å². The van der Waals surface area contributed by atoms with Gasteiger partial charge in [0, 0.05) is 41.5 Å². The highest BCUT2D eigenvalue weighted by atomic mass is 19.1. The maximum atomic E-state index is 15.6. The highest BCUT2D eigenvalue weighted by Crippen LogP contribution is 2.42. The Morgan fingerprint density at radius 1 is 1.14 bits per heavy atom. The van der Waals surface area contributed by atoms with E-state index < -0.39 is 23.5 Å². The fourth-order valence-electron chi connectivity index (χ4n) is 5.51. The first-order chi connectivity index (χ1) is 19.7. The second-order valence-corrected chi connectivity index (χ2v) is 13.3. The van der Waals surface area contributed by atoms with Crippen LogP contribution in [-0.2, 0) is 16.0 Å². The molecule has 4 rings (SSSR count). The molecular weight excluding hydrogens is 535 g/mol. The van der Waals surface area contributed by atoms with E-state index in [2.05, 4.69) is 32.6 Å². The van der Waals surface area contributed by atoms with Gasteiger partial charge in [-0.2, -0.15) is 0 Å². The van der Waals surface area contributed by atoms with Gasteiger partial charge in [0.05, 0.1) is 17.9 Å². The summed E-state index contributed by atoms with van der Waals surface area (Å²) in [6, 6.07) is 3.40. The maximum Gasteiger partial charge on any atom is 0.337 e. The van der Waals surface area contributed by atoms with Crippen LogP contribution in [0, 0.1) is 31.5 Å². The van der Waals surface area contributed by atoms with Gasteiger partial charge >= 0.3 is 5.97 Å². The molecule has 9 heteroatoms. The molecule has 1 aliphatic heterocycles. The van der Waals surface area contributed by atoms with E-state index >= 15 is 4.39 Å². The van der Waals surface area contributed by atoms with Crippen molar-refractivity contribution in [3.05, 3.63) is 40.3 Å². The molecule has 3 heterocycles. The fourth-order valence-corrected chi connectivity index (χ4v) is 5.51. The van der Waals surface area contributed by atoms with Gasteiger partial charge in [-0.3, -0.25) is 0 Å². The van der Waals surface area contributed by atoms with Gasteiger partial charge in [-0.25, -0.2) is 18.7 Å². The smallest absolute Gasteiger partial charge is 0.337 e. The lowest BCUT2D eigenvalue weighted by atomic mass is 9.91. The molecule has 1 atom stereocenters. The summed E-state index contributed by atoms with van der Waals surface area (Å²) in [5, 5.41) is 15.5. The summed E-state index contributed by atoms with van der Waals surface area (Å²) >= 11 is 0. The third-order valence-electron chi connectivity index (χ3n) is 7.74. The minimum Gasteiger partial charge on any atom is -0.490 e. The van der Waals surface area contributed by atoms with E-state index in [4.69, 9.17) is 19.6 Å². The molecule has 3 aromatic rings. The summed E-state index contributed by atoms with van der Waals surface area (Å²) in [5.41, 5.74) is 3.39. The first kappa shape index (κ1) is 31.7. The number of fused-ring (bicyclic) bond motifs is 2. The molecule has 230 valence electrons. The molecule has 0 aliphatic carbocycles. The van der Waals surface area contributed by atoms with Crippen molar-refractivity contribution in [1.29, 1.82) is 0 Å². The quantitative estimate of drug-likeness (QED) is 0.253. The van der Waals surface area contributed by atoms with Crippen LogP contribution in [0.4, 0.5) is 10.2 Å². The van der Waals surface area contributed by atoms with Gasteiger partial charge in [0.1, 0.15) is 0 Å². The number of carboxylic acid groups (broad SMARTS) is 1. The number of halogens is 1. The number of hydrogen-bond donors (Lipinski definition) is 1. The Bertz CT molecular complexity index is 1430. The number of aliphatic carboxylic acids is 1. The molecule has 0 fully saturated rings. The van der Waals surface area contributed by atoms with Crippen LogP contribution in [0.2, 0.25) is 0 Å². The first-order valence-electron chi connectivity index (χ1n) is 15.2. The van der Waals surface area contributed by atoms with Crippen LogP contribution < -0.4 is 9.64 Å². The summed E-state index contributed by atoms with van der Waals surface area (Å²) in [4.78, 5) is 19.9. The summed E-state index contributed by atoms with van der Waals surface area (Å²) < 4.78 is 29.2. The average molecular weight is 583 g/mol. The number of carboxylic acids is 1. The zero-order valence-corrected chi connectivity index (χ0v) is 26.7. The number of carbonyl (C=O) groups is 1. The Labute approximate surface area is 249 Å². The van der Waals surface area contributed by atoms with E-state index in [9.17, 15) is 9.90 Å². The average Bonchev–Trinajstić information content (AvgIpc) is 3.31. The van der Waals surface area contributed by atoms with Crippen molar-refractivity contribution in [2.75, 3.05) is 24.6 Å². The summed E-state index contributed by atoms with van der Waals surface area (Å²) in [6.07, 6.45) is 2.14. The van der Waals surface area contributed by atoms with Gasteiger partial charge in [0.15, 0.2) is 29.1 Å². The minimum atomic E-state index is -1.34. The predicted molar refractivity (Wildman–Crippen MR) is 164 cm³/mol. The molecule has 0 bridgehead atoms. The van der Waals surface area contributed by atoms with Crippen LogP contribution in [-0.4, -0.2) is 51.0 Å². The molecular formula is C33H47FN4O4. The number of nitrogens with zero attached hydrogens (tertiary/aromatic N) is 4. The molecule has 0 radical (unpaired) electrons. The van der Waals surface area contributed by atoms with Gasteiger partial charge in [0.25, 0.3) is 0 Å². The van der Waals surface area contributed by atoms with Crippen molar-refractivity contribution >= 4 is 17.4 Å². The zero-order chi connectivity index (χ0) is 30.9. The Morgan fingerprint density at radius 3 is 2.36 bits per heavy atom. The van der Waals surface area contributed by atoms with Crippen molar-refractivity contribution in [2.45, 2.75) is 99.7 Å². The predicted octanol–water partition coefficient (Wildman–Crippen LogP) is 7.32. The lowest BCUT2D eigenvalue weighted by Crippen LogP contribution is -2.29. The molecule has 0 saturated heterocycles. The Kier molecular flexibility index (Phi) is 9.50. The highest BCUT2D eigenvalue weighted by molar-refractivity contribution is 5.82. The number of hydrogen-bond acceptors (Lipinski definition) is 6. The van der Waals surface area contributed by atoms with E-state index in [1.165, 1.54) is 6.07 Å². The number of anilines is 1. The number of aromatic nitrogens is 3. The zero-order valence-electron chi connectivity index (χ0n) is 26.7. The Balaban J connectivity index is 2.02. The van der Waals surface area contributed by atoms with Crippen molar-refractivity contribution in [3.8, 4) is 17.0 Å². The molecule has 42 heavy (non-hydrogen) atoms. The largest absolute Gasteiger partial charge is 0.490 e. The van der Waals surface area contributed by atoms with E-state index in [1.807, 2.05) is 33.8 Å². The maximum absolute atomic E-state index is 15.6. The molecule has 0 unspecified atom stereocenters. The fraction of sp³-hybridized carbons (Fsp3) is 0.606. The lowest BCUT2D eigenvalue weighted by Gasteiger charge is -2.28. The van der Waals surface area contributed by atoms with Crippen LogP contribution in [0.1, 0.15) is 96.2 Å². The second-order valence-electron chi connectivity index (χ2n) is 13.3. The number of aryl methyl sites for hydroxylation is 1. The SMILES string of the molecule is Cc1nc2cc(N(CCC(C)C)CCC(C)C)nn2c(-c2cc(F)c3c(c2C)CCCO3)c1[C@H](OC(C)(C)C)C(=O)O. The summed E-state index contributed by atoms with van der Waals surface area (Å²) in [7, 11) is 0. The summed E-state index contributed by atoms with van der Waals surface area (Å²) in [6.45, 7) is 20.2. The Hall–Kier alpha value is -3.20. The van der Waals surface area contributed by atoms with Gasteiger partial charge < -0.3 is 19.5 Å². The van der Waals surface area contributed by atoms with E-state index in [1.54, 1.807) is 11.4 Å². The van der Waals surface area contributed by atoms with Gasteiger partial charge in [-0.1, -0.05) is 27.7 Å². The van der Waals surface area contributed by atoms with E-state index in [0.717, 1.165) is 49.3 Å². The molecule has 1 aromatic carbocycles. The van der Waals surface area contributed by atoms with Crippen LogP contribution in [0.25, 0.3) is 16.9 Å². The van der Waals surface area contributed by atoms with Crippen molar-refractivity contribution in [3.63, 3.8) is 0 Å². The first-order valence-corrected chi connectivity index (χ1v) is 15.2. The van der Waals surface area contributed by atoms with Crippen LogP contribution in [0.3, 0.4) is 0 Å². The van der Waals surface area contributed by atoms with Crippen molar-refractivity contribution in [2.24, 2.45) is 11.8 Å². The van der Waals surface area contributed by atoms with Gasteiger partial charge in [0.2, 0.25) is 0 Å². The molecule has 0 amide bonds. The van der Waals surface area contributed by atoms with E-state index in [-0.39, 0.29) is 5.75 Å². The van der Waals surface area contributed by atoms with Crippen molar-refractivity contribution in [1.82, 2.24) is 14.6 Å². The number of rotatable bonds is 11. The minimum absolute atomic E-state index is 0.279. The second kappa shape index (κ2) is 12.6. The molecule has 0 spiro atoms. The Morgan fingerprint density at radius 2 is 1.79 bits per heavy atom. The molecule has 2 aromatic heterocycles. The lowest BCUT2D eigenvalue weighted by molar-refractivity contribution is -0.160. The van der Waals surface area contributed by atoms with E-state index in [0.29, 0.717) is 53.0 Å². The molecule has 1 N–H and O–H groups in total. The van der Waals surface area contributed by atoms with Crippen molar-refractivity contribution < 1.29 is 23.8 Å². The number of ether oxygens (including phenoxy) is 2. The number of benzene rings is 1. The monoisotopic (exact) mass is 582 g/mol. The molecule has 8 nitrogen and oxygen atoms in total. The standard InChI is InChI=1S/C33H47FN4O4/c1-19(2)12-14-37(15-13-20(3)4)27-18-26-35-22(6)28(31(32(39)40)42-33(7,8)9)29(38(26)36-27)24-17-25(34)30-23(21(24)5)11-10-16-41-30/h17-20,31H,10-16H2,1-9H3,(H,39,40)/t31-/m0/s1. The van der Waals surface area contributed by atoms with Crippen LogP contribution in [0.15, 0.2) is 12.1 Å². The topological polar surface area (TPSA) is 89.2 Å². The molecule has 0 saturated carbocycles. The third kappa shape index (κ3) is 6.88. The third-order valence-corrected chi connectivity index (χ3v) is 7.74. The van der Waals surface area contributed by atoms with Gasteiger partial charge in [-0.05, 0) is 83.8 Å². The highest BCUT2D eigenvalue weighted by Gasteiger charge is 2.35. The van der Waals surface area contributed by atoms with Crippen LogP contribution >= 0.6 is 0 Å². The van der Waals surface area contributed by atoms with Gasteiger partial charge in [-0.15, -0.1) is 5.10 Å². The summed E-state index contributed by atoms with van der Waals surface area (Å²) in [5.74, 6) is 0.495. The normalized spacial score (nSPS) is 14.4. The molecule has 1 aliphatic rings.